The van der Waals surface area contributed by atoms with Crippen molar-refractivity contribution >= 4 is 17.2 Å². The topological polar surface area (TPSA) is 59.3 Å². The summed E-state index contributed by atoms with van der Waals surface area (Å²) >= 11 is 0. The van der Waals surface area contributed by atoms with Crippen LogP contribution in [0.15, 0.2) is 48.7 Å². The van der Waals surface area contributed by atoms with Crippen molar-refractivity contribution in [1.82, 2.24) is 14.6 Å². The molecule has 3 aromatic rings. The maximum absolute atomic E-state index is 11.9. The molecule has 0 saturated heterocycles. The van der Waals surface area contributed by atoms with Gasteiger partial charge in [-0.25, -0.2) is 0 Å². The number of hydrogen-bond donors (Lipinski definition) is 1. The molecule has 0 aliphatic heterocycles. The molecule has 0 atom stereocenters. The molecule has 0 spiro atoms. The molecule has 0 aliphatic carbocycles. The highest BCUT2D eigenvalue weighted by Gasteiger charge is 2.09. The van der Waals surface area contributed by atoms with Crippen LogP contribution in [0, 0.1) is 5.92 Å². The Bertz CT molecular complexity index is 807. The molecular formula is C17H18N4O. The third-order valence-electron chi connectivity index (χ3n) is 3.31. The van der Waals surface area contributed by atoms with Crippen LogP contribution in [0.4, 0.5) is 5.69 Å². The van der Waals surface area contributed by atoms with Crippen molar-refractivity contribution in [3.05, 3.63) is 48.7 Å². The summed E-state index contributed by atoms with van der Waals surface area (Å²) in [5, 5.41) is 11.3. The number of anilines is 1. The Balaban J connectivity index is 1.89. The van der Waals surface area contributed by atoms with E-state index in [1.807, 2.05) is 66.9 Å². The molecule has 112 valence electrons. The number of nitrogens with zero attached hydrogens (tertiary/aromatic N) is 3. The van der Waals surface area contributed by atoms with Crippen molar-refractivity contribution in [3.8, 4) is 11.4 Å². The molecule has 0 radical (unpaired) electrons. The molecule has 1 N–H and O–H groups in total. The molecule has 0 fully saturated rings. The van der Waals surface area contributed by atoms with Crippen molar-refractivity contribution in [2.45, 2.75) is 20.3 Å². The van der Waals surface area contributed by atoms with Crippen LogP contribution in [0.5, 0.6) is 0 Å². The fourth-order valence-corrected chi connectivity index (χ4v) is 2.36. The predicted octanol–water partition coefficient (Wildman–Crippen LogP) is 3.38. The summed E-state index contributed by atoms with van der Waals surface area (Å²) in [6.07, 6.45) is 2.44. The molecule has 1 amide bonds. The standard InChI is InChI=1S/C17H18N4O/c1-12(2)10-16(22)18-14-7-5-6-13(11-14)17-20-19-15-8-3-4-9-21(15)17/h3-9,11-12H,10H2,1-2H3,(H,18,22). The third-order valence-corrected chi connectivity index (χ3v) is 3.31. The lowest BCUT2D eigenvalue weighted by molar-refractivity contribution is -0.116. The quantitative estimate of drug-likeness (QED) is 0.802. The van der Waals surface area contributed by atoms with Crippen LogP contribution >= 0.6 is 0 Å². The molecule has 0 bridgehead atoms. The largest absolute Gasteiger partial charge is 0.326 e. The molecule has 2 aromatic heterocycles. The SMILES string of the molecule is CC(C)CC(=O)Nc1cccc(-c2nnc3ccccn23)c1. The van der Waals surface area contributed by atoms with Crippen molar-refractivity contribution in [2.75, 3.05) is 5.32 Å². The molecule has 22 heavy (non-hydrogen) atoms. The monoisotopic (exact) mass is 294 g/mol. The smallest absolute Gasteiger partial charge is 0.224 e. The van der Waals surface area contributed by atoms with Crippen molar-refractivity contribution in [3.63, 3.8) is 0 Å². The maximum atomic E-state index is 11.9. The fourth-order valence-electron chi connectivity index (χ4n) is 2.36. The normalized spacial score (nSPS) is 11.0. The second-order valence-corrected chi connectivity index (χ2v) is 5.68. The van der Waals surface area contributed by atoms with E-state index in [1.54, 1.807) is 0 Å². The second kappa shape index (κ2) is 5.97. The minimum atomic E-state index is 0.0262. The molecule has 0 saturated carbocycles. The number of nitrogens with one attached hydrogen (secondary N) is 1. The predicted molar refractivity (Wildman–Crippen MR) is 86.5 cm³/mol. The minimum absolute atomic E-state index is 0.0262. The summed E-state index contributed by atoms with van der Waals surface area (Å²) < 4.78 is 1.93. The lowest BCUT2D eigenvalue weighted by Crippen LogP contribution is -2.13. The summed E-state index contributed by atoms with van der Waals surface area (Å²) in [5.41, 5.74) is 2.49. The Morgan fingerprint density at radius 2 is 2.05 bits per heavy atom. The Labute approximate surface area is 129 Å². The first-order valence-corrected chi connectivity index (χ1v) is 7.33. The molecular weight excluding hydrogens is 276 g/mol. The number of carbonyl (C=O) groups is 1. The molecule has 5 nitrogen and oxygen atoms in total. The van der Waals surface area contributed by atoms with Gasteiger partial charge in [-0.2, -0.15) is 0 Å². The highest BCUT2D eigenvalue weighted by atomic mass is 16.1. The number of hydrogen-bond acceptors (Lipinski definition) is 3. The van der Waals surface area contributed by atoms with Crippen LogP contribution in [0.25, 0.3) is 17.0 Å². The molecule has 3 rings (SSSR count). The molecule has 5 heteroatoms. The maximum Gasteiger partial charge on any atom is 0.224 e. The molecule has 0 aliphatic rings. The third kappa shape index (κ3) is 2.98. The second-order valence-electron chi connectivity index (χ2n) is 5.68. The summed E-state index contributed by atoms with van der Waals surface area (Å²) in [6, 6.07) is 13.4. The van der Waals surface area contributed by atoms with Gasteiger partial charge < -0.3 is 5.32 Å². The van der Waals surface area contributed by atoms with E-state index in [0.29, 0.717) is 12.3 Å². The summed E-state index contributed by atoms with van der Waals surface area (Å²) in [7, 11) is 0. The number of carbonyl (C=O) groups excluding carboxylic acids is 1. The number of pyridine rings is 1. The van der Waals surface area contributed by atoms with Gasteiger partial charge in [0.05, 0.1) is 0 Å². The summed E-state index contributed by atoms with van der Waals surface area (Å²) in [6.45, 7) is 4.05. The Hall–Kier alpha value is -2.69. The minimum Gasteiger partial charge on any atom is -0.326 e. The number of benzene rings is 1. The average Bonchev–Trinajstić information content (AvgIpc) is 2.90. The van der Waals surface area contributed by atoms with E-state index in [2.05, 4.69) is 15.5 Å². The van der Waals surface area contributed by atoms with Crippen LogP contribution in [0.3, 0.4) is 0 Å². The van der Waals surface area contributed by atoms with Gasteiger partial charge in [0.1, 0.15) is 0 Å². The van der Waals surface area contributed by atoms with Crippen LogP contribution in [-0.2, 0) is 4.79 Å². The summed E-state index contributed by atoms with van der Waals surface area (Å²) in [4.78, 5) is 11.9. The molecule has 2 heterocycles. The highest BCUT2D eigenvalue weighted by Crippen LogP contribution is 2.22. The Morgan fingerprint density at radius 1 is 1.18 bits per heavy atom. The van der Waals surface area contributed by atoms with E-state index in [1.165, 1.54) is 0 Å². The van der Waals surface area contributed by atoms with Gasteiger partial charge in [0.2, 0.25) is 5.91 Å². The fraction of sp³-hybridized carbons (Fsp3) is 0.235. The lowest BCUT2D eigenvalue weighted by atomic mass is 10.1. The zero-order valence-electron chi connectivity index (χ0n) is 12.7. The Morgan fingerprint density at radius 3 is 2.86 bits per heavy atom. The van der Waals surface area contributed by atoms with Crippen LogP contribution in [0.1, 0.15) is 20.3 Å². The first-order valence-electron chi connectivity index (χ1n) is 7.33. The van der Waals surface area contributed by atoms with Crippen LogP contribution in [-0.4, -0.2) is 20.5 Å². The first-order chi connectivity index (χ1) is 10.6. The van der Waals surface area contributed by atoms with Gasteiger partial charge in [-0.3, -0.25) is 9.20 Å². The number of amides is 1. The number of rotatable bonds is 4. The van der Waals surface area contributed by atoms with Crippen LogP contribution < -0.4 is 5.32 Å². The van der Waals surface area contributed by atoms with E-state index < -0.39 is 0 Å². The molecule has 0 unspecified atom stereocenters. The van der Waals surface area contributed by atoms with Gasteiger partial charge >= 0.3 is 0 Å². The van der Waals surface area contributed by atoms with Crippen molar-refractivity contribution in [1.29, 1.82) is 0 Å². The van der Waals surface area contributed by atoms with Crippen molar-refractivity contribution < 1.29 is 4.79 Å². The van der Waals surface area contributed by atoms with Gasteiger partial charge in [0.15, 0.2) is 11.5 Å². The lowest BCUT2D eigenvalue weighted by Gasteiger charge is -2.08. The van der Waals surface area contributed by atoms with E-state index in [0.717, 1.165) is 22.7 Å². The van der Waals surface area contributed by atoms with Gasteiger partial charge in [-0.05, 0) is 30.2 Å². The van der Waals surface area contributed by atoms with Crippen molar-refractivity contribution in [2.24, 2.45) is 5.92 Å². The average molecular weight is 294 g/mol. The zero-order chi connectivity index (χ0) is 15.5. The molecule has 1 aromatic carbocycles. The highest BCUT2D eigenvalue weighted by molar-refractivity contribution is 5.91. The van der Waals surface area contributed by atoms with E-state index in [4.69, 9.17) is 0 Å². The number of fused-ring (bicyclic) bond motifs is 1. The zero-order valence-corrected chi connectivity index (χ0v) is 12.7. The number of aromatic nitrogens is 3. The van der Waals surface area contributed by atoms with Gasteiger partial charge in [-0.15, -0.1) is 10.2 Å². The van der Waals surface area contributed by atoms with Crippen LogP contribution in [0.2, 0.25) is 0 Å². The Kier molecular flexibility index (Phi) is 3.87. The first kappa shape index (κ1) is 14.3. The van der Waals surface area contributed by atoms with Gasteiger partial charge in [0.25, 0.3) is 0 Å². The van der Waals surface area contributed by atoms with E-state index in [-0.39, 0.29) is 5.91 Å². The summed E-state index contributed by atoms with van der Waals surface area (Å²) in [5.74, 6) is 1.12. The van der Waals surface area contributed by atoms with Gasteiger partial charge in [-0.1, -0.05) is 32.0 Å². The van der Waals surface area contributed by atoms with Gasteiger partial charge in [0, 0.05) is 23.9 Å². The van der Waals surface area contributed by atoms with E-state index in [9.17, 15) is 4.79 Å². The van der Waals surface area contributed by atoms with E-state index >= 15 is 0 Å².